The van der Waals surface area contributed by atoms with Gasteiger partial charge in [-0.2, -0.15) is 0 Å². The normalized spacial score (nSPS) is 26.2. The Balaban J connectivity index is 2.62. The molecule has 2 heteroatoms. The van der Waals surface area contributed by atoms with Crippen LogP contribution >= 0.6 is 0 Å². The van der Waals surface area contributed by atoms with E-state index in [1.54, 1.807) is 11.1 Å². The third-order valence-electron chi connectivity index (χ3n) is 4.94. The molecule has 0 amide bonds. The molecule has 20 heavy (non-hydrogen) atoms. The molecule has 0 saturated carbocycles. The van der Waals surface area contributed by atoms with Crippen LogP contribution in [0.25, 0.3) is 0 Å². The minimum atomic E-state index is -1.30. The van der Waals surface area contributed by atoms with E-state index in [1.807, 2.05) is 7.76 Å². The van der Waals surface area contributed by atoms with Crippen LogP contribution in [0.2, 0.25) is 13.1 Å². The predicted octanol–water partition coefficient (Wildman–Crippen LogP) is 5.60. The SMILES string of the molecule is CC1=CC(C)[C]([Ti]([C]2=C(C)C(C)=CC2C)=[Si](C)C)=C1C. The van der Waals surface area contributed by atoms with Crippen LogP contribution in [-0.4, -0.2) is 6.19 Å². The first kappa shape index (κ1) is 16.3. The van der Waals surface area contributed by atoms with Gasteiger partial charge in [0.05, 0.1) is 0 Å². The van der Waals surface area contributed by atoms with Crippen LogP contribution in [0.1, 0.15) is 41.5 Å². The van der Waals surface area contributed by atoms with Gasteiger partial charge in [0.25, 0.3) is 0 Å². The zero-order valence-corrected chi connectivity index (χ0v) is 16.9. The fourth-order valence-corrected chi connectivity index (χ4v) is 17.3. The van der Waals surface area contributed by atoms with Gasteiger partial charge in [-0.3, -0.25) is 0 Å². The molecular weight excluding hydrogens is 292 g/mol. The quantitative estimate of drug-likeness (QED) is 0.581. The monoisotopic (exact) mass is 320 g/mol. The van der Waals surface area contributed by atoms with Crippen LogP contribution in [-0.2, 0) is 16.6 Å². The molecule has 108 valence electrons. The molecule has 2 rings (SSSR count). The van der Waals surface area contributed by atoms with Gasteiger partial charge in [0, 0.05) is 0 Å². The average molecular weight is 320 g/mol. The second kappa shape index (κ2) is 5.95. The zero-order chi connectivity index (χ0) is 15.2. The van der Waals surface area contributed by atoms with Gasteiger partial charge in [-0.25, -0.2) is 0 Å². The number of hydrogen-bond donors (Lipinski definition) is 0. The van der Waals surface area contributed by atoms with Crippen LogP contribution in [0.15, 0.2) is 42.2 Å². The Bertz CT molecular complexity index is 559. The Morgan fingerprint density at radius 3 is 1.35 bits per heavy atom. The average Bonchev–Trinajstić information content (AvgIpc) is 2.72. The molecule has 0 aromatic heterocycles. The van der Waals surface area contributed by atoms with Crippen molar-refractivity contribution in [2.75, 3.05) is 0 Å². The molecule has 2 aliphatic rings. The van der Waals surface area contributed by atoms with Crippen LogP contribution in [0.3, 0.4) is 0 Å². The van der Waals surface area contributed by atoms with E-state index in [0.29, 0.717) is 11.8 Å². The van der Waals surface area contributed by atoms with E-state index in [2.05, 4.69) is 66.8 Å². The van der Waals surface area contributed by atoms with Gasteiger partial charge in [0.15, 0.2) is 0 Å². The summed E-state index contributed by atoms with van der Waals surface area (Å²) in [5.74, 6) is 1.39. The summed E-state index contributed by atoms with van der Waals surface area (Å²) in [7, 11) is 0. The summed E-state index contributed by atoms with van der Waals surface area (Å²) in [5.41, 5.74) is 6.34. The van der Waals surface area contributed by atoms with Gasteiger partial charge in [-0.15, -0.1) is 0 Å². The van der Waals surface area contributed by atoms with Crippen molar-refractivity contribution in [3.63, 3.8) is 0 Å². The molecule has 0 spiro atoms. The van der Waals surface area contributed by atoms with Crippen LogP contribution < -0.4 is 0 Å². The summed E-state index contributed by atoms with van der Waals surface area (Å²) >= 11 is -1.30. The second-order valence-corrected chi connectivity index (χ2v) is 18.3. The van der Waals surface area contributed by atoms with Crippen LogP contribution in [0.5, 0.6) is 0 Å². The van der Waals surface area contributed by atoms with Crippen molar-refractivity contribution in [2.24, 2.45) is 11.8 Å². The molecule has 0 N–H and O–H groups in total. The molecule has 0 aromatic rings. The van der Waals surface area contributed by atoms with Gasteiger partial charge in [-0.1, -0.05) is 0 Å². The first-order valence-corrected chi connectivity index (χ1v) is 14.1. The van der Waals surface area contributed by atoms with Crippen LogP contribution in [0.4, 0.5) is 0 Å². The molecular formula is C18H28SiTi. The van der Waals surface area contributed by atoms with Gasteiger partial charge in [-0.05, 0) is 0 Å². The number of allylic oxidation sites excluding steroid dienone is 8. The predicted molar refractivity (Wildman–Crippen MR) is 88.7 cm³/mol. The Labute approximate surface area is 131 Å². The van der Waals surface area contributed by atoms with Crippen molar-refractivity contribution in [3.05, 3.63) is 42.2 Å². The van der Waals surface area contributed by atoms with E-state index in [-0.39, 0.29) is 6.19 Å². The van der Waals surface area contributed by atoms with Crippen molar-refractivity contribution >= 4 is 6.19 Å². The Kier molecular flexibility index (Phi) is 4.84. The van der Waals surface area contributed by atoms with E-state index in [0.717, 1.165) is 0 Å². The minimum absolute atomic E-state index is 0.231. The first-order valence-electron chi connectivity index (χ1n) is 7.73. The standard InChI is InChI=1S/2C8H11.C2H6Si.Ti/c2*1-6-4-7(2)8(3)5-6;1-3-2;/h2*4,6H,1-3H3;1-2H3;. The Hall–Kier alpha value is -0.109. The molecule has 2 atom stereocenters. The molecule has 0 aromatic carbocycles. The molecule has 0 nitrogen and oxygen atoms in total. The summed E-state index contributed by atoms with van der Waals surface area (Å²) in [5, 5.41) is 0. The molecule has 2 unspecified atom stereocenters. The summed E-state index contributed by atoms with van der Waals surface area (Å²) in [6.45, 7) is 19.3. The summed E-state index contributed by atoms with van der Waals surface area (Å²) in [6, 6.07) is 0. The van der Waals surface area contributed by atoms with Gasteiger partial charge in [0.1, 0.15) is 0 Å². The zero-order valence-electron chi connectivity index (χ0n) is 14.3. The van der Waals surface area contributed by atoms with E-state index in [9.17, 15) is 0 Å². The van der Waals surface area contributed by atoms with Crippen molar-refractivity contribution in [1.82, 2.24) is 0 Å². The van der Waals surface area contributed by atoms with Crippen molar-refractivity contribution in [1.29, 1.82) is 0 Å². The Morgan fingerprint density at radius 1 is 0.800 bits per heavy atom. The Morgan fingerprint density at radius 2 is 1.15 bits per heavy atom. The molecule has 0 radical (unpaired) electrons. The molecule has 0 aliphatic heterocycles. The third kappa shape index (κ3) is 2.65. The van der Waals surface area contributed by atoms with Gasteiger partial charge < -0.3 is 0 Å². The molecule has 0 heterocycles. The van der Waals surface area contributed by atoms with E-state index < -0.39 is 16.6 Å². The van der Waals surface area contributed by atoms with Crippen molar-refractivity contribution in [3.8, 4) is 0 Å². The molecule has 2 aliphatic carbocycles. The number of hydrogen-bond acceptors (Lipinski definition) is 0. The van der Waals surface area contributed by atoms with E-state index in [4.69, 9.17) is 0 Å². The molecule has 0 fully saturated rings. The number of rotatable bonds is 2. The van der Waals surface area contributed by atoms with Crippen molar-refractivity contribution < 1.29 is 16.6 Å². The topological polar surface area (TPSA) is 0 Å². The van der Waals surface area contributed by atoms with E-state index >= 15 is 0 Å². The van der Waals surface area contributed by atoms with Crippen molar-refractivity contribution in [2.45, 2.75) is 54.6 Å². The second-order valence-electron chi connectivity index (χ2n) is 6.73. The first-order chi connectivity index (χ1) is 9.25. The molecule has 0 saturated heterocycles. The van der Waals surface area contributed by atoms with Crippen LogP contribution in [0, 0.1) is 11.8 Å². The summed E-state index contributed by atoms with van der Waals surface area (Å²) in [4.78, 5) is 0. The van der Waals surface area contributed by atoms with Gasteiger partial charge >= 0.3 is 131 Å². The summed E-state index contributed by atoms with van der Waals surface area (Å²) in [6.07, 6.45) is 4.77. The van der Waals surface area contributed by atoms with E-state index in [1.165, 1.54) is 11.1 Å². The van der Waals surface area contributed by atoms with Gasteiger partial charge in [0.2, 0.25) is 0 Å². The maximum atomic E-state index is 2.56. The molecule has 0 bridgehead atoms. The fourth-order valence-electron chi connectivity index (χ4n) is 3.79. The third-order valence-corrected chi connectivity index (χ3v) is 17.1. The fraction of sp³-hybridized carbons (Fsp3) is 0.556. The summed E-state index contributed by atoms with van der Waals surface area (Å²) < 4.78 is 3.76. The maximum absolute atomic E-state index is 2.56.